The highest BCUT2D eigenvalue weighted by Crippen LogP contribution is 2.33. The Morgan fingerprint density at radius 1 is 0.353 bits per heavy atom. The summed E-state index contributed by atoms with van der Waals surface area (Å²) in [6.07, 6.45) is 2.27. The Morgan fingerprint density at radius 3 is 0.794 bits per heavy atom. The third kappa shape index (κ3) is 37.6. The molecule has 5 heterocycles. The second-order valence-electron chi connectivity index (χ2n) is 36.6. The second kappa shape index (κ2) is 56.5. The summed E-state index contributed by atoms with van der Waals surface area (Å²) in [5.41, 5.74) is 15.3. The number of piperazine rings is 5. The topological polar surface area (TPSA) is 506 Å². The van der Waals surface area contributed by atoms with Crippen LogP contribution >= 0.6 is 0 Å². The van der Waals surface area contributed by atoms with Crippen molar-refractivity contribution in [1.29, 1.82) is 0 Å². The number of alkyl carbamates (subject to hydrolysis) is 2. The number of rotatable bonds is 30. The molecule has 5 fully saturated rings. The van der Waals surface area contributed by atoms with E-state index in [9.17, 15) is 88.7 Å². The zero-order chi connectivity index (χ0) is 101. The van der Waals surface area contributed by atoms with Crippen LogP contribution in [0, 0.1) is 40.5 Å². The number of amides is 8. The molecule has 10 N–H and O–H groups in total. The minimum Gasteiger partial charge on any atom is -0.480 e. The molecular formula is C96H148N20O20. The largest absolute Gasteiger partial charge is 0.480 e. The molecule has 752 valence electrons. The Kier molecular flexibility index (Phi) is 47.6. The first-order valence-electron chi connectivity index (χ1n) is 46.9. The van der Waals surface area contributed by atoms with Gasteiger partial charge in [-0.2, -0.15) is 0 Å². The van der Waals surface area contributed by atoms with E-state index in [4.69, 9.17) is 20.9 Å². The first kappa shape index (κ1) is 115. The molecular weight excluding hydrogens is 1750 g/mol. The summed E-state index contributed by atoms with van der Waals surface area (Å²) >= 11 is 0. The molecule has 136 heavy (non-hydrogen) atoms. The van der Waals surface area contributed by atoms with Gasteiger partial charge in [-0.25, -0.2) is 14.4 Å². The van der Waals surface area contributed by atoms with Crippen molar-refractivity contribution in [3.05, 3.63) is 190 Å². The molecule has 0 aromatic heterocycles. The third-order valence-electron chi connectivity index (χ3n) is 24.3. The molecule has 5 saturated heterocycles. The summed E-state index contributed by atoms with van der Waals surface area (Å²) in [7, 11) is 10.3. The zero-order valence-corrected chi connectivity index (χ0v) is 82.6. The van der Waals surface area contributed by atoms with Crippen molar-refractivity contribution >= 4 is 82.0 Å². The fourth-order valence-electron chi connectivity index (χ4n) is 16.1. The number of non-ortho nitro benzene ring substituents is 4. The monoisotopic (exact) mass is 1900 g/mol. The molecule has 5 aliphatic heterocycles. The van der Waals surface area contributed by atoms with Crippen LogP contribution in [0.2, 0.25) is 0 Å². The average molecular weight is 1900 g/mol. The number of ether oxygens (including phenoxy) is 2. The number of carboxylic acid groups (broad SMARTS) is 1. The van der Waals surface area contributed by atoms with Crippen molar-refractivity contribution < 1.29 is 77.4 Å². The highest BCUT2D eigenvalue weighted by Gasteiger charge is 2.40. The van der Waals surface area contributed by atoms with Gasteiger partial charge in [0, 0.05) is 228 Å². The molecule has 10 atom stereocenters. The van der Waals surface area contributed by atoms with E-state index in [1.165, 1.54) is 73.8 Å². The standard InChI is InChI=1S/C21H32N4O5.C19H28N4O4.C19H30N4O2.C16H24N4O3.C16H22N2O6.C5H12N2/c1-6-17(15-7-9-16(10-8-15)25(28)29)18(22-20(27)30-21(2,3)4)19(26)24-13-11-23(5)12-14-24;1-4-16(14-6-8-15(9-7-14)23(26)27)18(20-17(24)5-2)19(25)22-12-10-21(3)11-13-22;1-4-16(14-6-8-15(20)9-7-14)18(21-17(24)5-2)19(25)23-12-10-22(3)11-13-23;1-3-14(12-4-6-13(7-5-12)20(22)23)15(17)16(21)19-10-8-18(2)9-11-19;1-5-12(10-6-8-11(9-7-10)18(22)23)13(14(19)20)17-15(21)24-16(2,3)4;1-7-4-2-6-3-5-7/h7-10,17-18H,6,11-14H2,1-5H3,(H,22,27);6-9,16,18H,4-5,10-13H2,1-3H3,(H,20,24);6-9,16,18H,4-5,10-13,20H2,1-3H3,(H,21,24);4-7,14-15H,3,8-11,17H2,1-2H3;6-9,12-13H,5H2,1-4H3,(H,17,21)(H,19,20);6H,2-5H2,1H3/t17-,18+;2*16-,18+;14-,15+;12-,13+;/m00000./s1. The molecule has 40 nitrogen and oxygen atoms in total. The van der Waals surface area contributed by atoms with Crippen LogP contribution in [-0.4, -0.2) is 330 Å². The number of anilines is 1. The number of carbonyl (C=O) groups is 9. The zero-order valence-electron chi connectivity index (χ0n) is 82.6. The number of nitrogens with zero attached hydrogens (tertiary/aromatic N) is 13. The highest BCUT2D eigenvalue weighted by molar-refractivity contribution is 5.90. The fourth-order valence-corrected chi connectivity index (χ4v) is 16.1. The van der Waals surface area contributed by atoms with Crippen LogP contribution in [0.5, 0.6) is 0 Å². The van der Waals surface area contributed by atoms with Crippen molar-refractivity contribution in [3.8, 4) is 0 Å². The smallest absolute Gasteiger partial charge is 0.408 e. The summed E-state index contributed by atoms with van der Waals surface area (Å²) in [4.78, 5) is 172. The van der Waals surface area contributed by atoms with Gasteiger partial charge in [-0.1, -0.05) is 109 Å². The Labute approximate surface area is 799 Å². The van der Waals surface area contributed by atoms with Crippen molar-refractivity contribution in [1.82, 2.24) is 70.7 Å². The number of nitrogen functional groups attached to an aromatic ring is 1. The summed E-state index contributed by atoms with van der Waals surface area (Å²) in [6, 6.07) is 28.0. The van der Waals surface area contributed by atoms with Gasteiger partial charge in [-0.15, -0.1) is 0 Å². The first-order valence-corrected chi connectivity index (χ1v) is 46.9. The first-order chi connectivity index (χ1) is 64.2. The number of nitrogens with two attached hydrogens (primary N) is 2. The fraction of sp³-hybridized carbons (Fsp3) is 0.594. The molecule has 0 aliphatic carbocycles. The number of hydrogen-bond donors (Lipinski definition) is 8. The molecule has 0 radical (unpaired) electrons. The average Bonchev–Trinajstić information content (AvgIpc) is 0.828. The van der Waals surface area contributed by atoms with Crippen molar-refractivity contribution in [2.45, 2.75) is 206 Å². The molecule has 0 saturated carbocycles. The van der Waals surface area contributed by atoms with Gasteiger partial charge >= 0.3 is 18.2 Å². The van der Waals surface area contributed by atoms with E-state index in [2.05, 4.69) is 65.2 Å². The maximum atomic E-state index is 13.4. The lowest BCUT2D eigenvalue weighted by atomic mass is 9.87. The molecule has 40 heteroatoms. The number of carboxylic acids is 1. The molecule has 0 bridgehead atoms. The lowest BCUT2D eigenvalue weighted by Gasteiger charge is -2.37. The number of carbonyl (C=O) groups excluding carboxylic acids is 8. The lowest BCUT2D eigenvalue weighted by Crippen LogP contribution is -2.56. The van der Waals surface area contributed by atoms with E-state index >= 15 is 0 Å². The van der Waals surface area contributed by atoms with Gasteiger partial charge in [0.2, 0.25) is 35.4 Å². The minimum atomic E-state index is -1.20. The number of benzene rings is 5. The molecule has 0 unspecified atom stereocenters. The Balaban J connectivity index is 0.000000295. The number of aliphatic carboxylic acids is 1. The second-order valence-corrected chi connectivity index (χ2v) is 36.6. The number of likely N-dealkylation sites (N-methyl/N-ethyl adjacent to an activating group) is 5. The van der Waals surface area contributed by atoms with E-state index in [1.807, 2.05) is 82.9 Å². The maximum absolute atomic E-state index is 13.4. The van der Waals surface area contributed by atoms with Gasteiger partial charge in [0.15, 0.2) is 0 Å². The van der Waals surface area contributed by atoms with Gasteiger partial charge in [0.25, 0.3) is 22.7 Å². The molecule has 8 amide bonds. The van der Waals surface area contributed by atoms with Gasteiger partial charge in [-0.3, -0.25) is 69.2 Å². The van der Waals surface area contributed by atoms with Crippen LogP contribution in [-0.2, 0) is 43.0 Å². The minimum absolute atomic E-state index is 0.00754. The van der Waals surface area contributed by atoms with Gasteiger partial charge < -0.3 is 96.7 Å². The number of nitro benzene ring substituents is 4. The van der Waals surface area contributed by atoms with Crippen LogP contribution in [0.1, 0.15) is 192 Å². The SMILES string of the molecule is CCC(=O)N[C@@H](C(=O)N1CCN(C)CC1)[C@@H](CC)c1ccc(N)cc1.CCC(=O)N[C@@H](C(=O)N1CCN(C)CC1)[C@@H](CC)c1ccc([N+](=O)[O-])cc1.CC[C@@H](c1ccc([N+](=O)[O-])cc1)[C@@H](N)C(=O)N1CCN(C)CC1.CC[C@@H](c1ccc([N+](=O)[O-])cc1)[C@@H](NC(=O)OC(C)(C)C)C(=O)N1CCN(C)CC1.CC[C@@H](c1ccc([N+](=O)[O-])cc1)[C@@H](NC(=O)OC(C)(C)C)C(=O)O.CN1CCNCC1. The summed E-state index contributed by atoms with van der Waals surface area (Å²) in [6.45, 7) is 40.0. The van der Waals surface area contributed by atoms with E-state index in [0.29, 0.717) is 102 Å². The summed E-state index contributed by atoms with van der Waals surface area (Å²) in [5, 5.41) is 67.0. The van der Waals surface area contributed by atoms with Gasteiger partial charge in [0.1, 0.15) is 35.4 Å². The highest BCUT2D eigenvalue weighted by atomic mass is 16.6. The molecule has 0 spiro atoms. The quantitative estimate of drug-likeness (QED) is 0.0120. The van der Waals surface area contributed by atoms with Crippen LogP contribution in [0.25, 0.3) is 0 Å². The molecule has 5 aromatic carbocycles. The Bertz CT molecular complexity index is 4620. The third-order valence-corrected chi connectivity index (χ3v) is 24.3. The van der Waals surface area contributed by atoms with Crippen LogP contribution < -0.4 is 38.1 Å². The lowest BCUT2D eigenvalue weighted by molar-refractivity contribution is -0.385. The van der Waals surface area contributed by atoms with Gasteiger partial charge in [0.05, 0.1) is 25.7 Å². The summed E-state index contributed by atoms with van der Waals surface area (Å²) < 4.78 is 10.5. The van der Waals surface area contributed by atoms with Crippen LogP contribution in [0.15, 0.2) is 121 Å². The van der Waals surface area contributed by atoms with Gasteiger partial charge in [-0.05, 0) is 149 Å². The number of nitrogens with one attached hydrogen (secondary N) is 5. The van der Waals surface area contributed by atoms with Crippen molar-refractivity contribution in [3.63, 3.8) is 0 Å². The van der Waals surface area contributed by atoms with Crippen molar-refractivity contribution in [2.75, 3.05) is 172 Å². The van der Waals surface area contributed by atoms with E-state index in [0.717, 1.165) is 94.1 Å². The van der Waals surface area contributed by atoms with E-state index < -0.39 is 85.2 Å². The predicted molar refractivity (Wildman–Crippen MR) is 521 cm³/mol. The predicted octanol–water partition coefficient (Wildman–Crippen LogP) is 9.72. The van der Waals surface area contributed by atoms with E-state index in [-0.39, 0.29) is 81.9 Å². The summed E-state index contributed by atoms with van der Waals surface area (Å²) in [5.74, 6) is -3.09. The molecule has 5 aromatic rings. The Morgan fingerprint density at radius 2 is 0.574 bits per heavy atom. The van der Waals surface area contributed by atoms with Crippen LogP contribution in [0.3, 0.4) is 0 Å². The molecule has 10 rings (SSSR count). The van der Waals surface area contributed by atoms with Crippen molar-refractivity contribution in [2.24, 2.45) is 5.73 Å². The Hall–Kier alpha value is -11.9. The number of hydrogen-bond acceptors (Lipinski definition) is 27. The number of nitro groups is 4. The maximum Gasteiger partial charge on any atom is 0.408 e. The van der Waals surface area contributed by atoms with Crippen LogP contribution in [0.4, 0.5) is 38.0 Å². The normalized spacial score (nSPS) is 17.3. The molecule has 5 aliphatic rings. The van der Waals surface area contributed by atoms with E-state index in [1.54, 1.807) is 109 Å².